The molecule has 3 heterocycles. The molecule has 3 N–H and O–H groups in total. The molecule has 0 unspecified atom stereocenters. The van der Waals surface area contributed by atoms with E-state index >= 15 is 0 Å². The number of H-pyrrole nitrogens is 1. The minimum atomic E-state index is -0.241. The summed E-state index contributed by atoms with van der Waals surface area (Å²) in [7, 11) is 0. The van der Waals surface area contributed by atoms with Crippen LogP contribution in [0.4, 0.5) is 0 Å². The molecule has 1 aromatic heterocycles. The average Bonchev–Trinajstić information content (AvgIpc) is 3.39. The lowest BCUT2D eigenvalue weighted by atomic mass is 10.1. The fraction of sp³-hybridized carbons (Fsp3) is 0.760. The summed E-state index contributed by atoms with van der Waals surface area (Å²) in [6.07, 6.45) is 4.59. The maximum atomic E-state index is 13.1. The molecule has 9 heteroatoms. The molecule has 0 radical (unpaired) electrons. The second-order valence-corrected chi connectivity index (χ2v) is 10.2. The lowest BCUT2D eigenvalue weighted by molar-refractivity contribution is -0.134. The highest BCUT2D eigenvalue weighted by atomic mass is 16.2. The maximum absolute atomic E-state index is 13.1. The highest BCUT2D eigenvalue weighted by Gasteiger charge is 2.35. The Bertz CT molecular complexity index is 852. The van der Waals surface area contributed by atoms with Gasteiger partial charge < -0.3 is 20.4 Å². The molecule has 2 aliphatic heterocycles. The van der Waals surface area contributed by atoms with E-state index in [4.69, 9.17) is 0 Å². The molecule has 3 amide bonds. The number of aromatic amines is 1. The van der Waals surface area contributed by atoms with Crippen LogP contribution in [0, 0.1) is 19.8 Å². The predicted molar refractivity (Wildman–Crippen MR) is 131 cm³/mol. The number of nitrogens with one attached hydrogen (secondary N) is 3. The second kappa shape index (κ2) is 12.3. The molecule has 1 aromatic rings. The first kappa shape index (κ1) is 26.2. The number of nitrogens with zero attached hydrogens (tertiary/aromatic N) is 3. The molecule has 2 bridgehead atoms. The molecule has 2 saturated heterocycles. The Labute approximate surface area is 203 Å². The van der Waals surface area contributed by atoms with Gasteiger partial charge >= 0.3 is 0 Å². The topological polar surface area (TPSA) is 110 Å². The van der Waals surface area contributed by atoms with Crippen LogP contribution in [0.3, 0.4) is 0 Å². The Morgan fingerprint density at radius 2 is 1.85 bits per heavy atom. The SMILES string of the molecule is Cc1[nH]nc(CCC(=O)N2CCCCNC(=O)[C@@H]3C[C@@H](CN3)N(C(=O)CC(C)C)CCC2)c1C. The monoisotopic (exact) mass is 474 g/mol. The molecule has 3 rings (SSSR count). The minimum Gasteiger partial charge on any atom is -0.355 e. The van der Waals surface area contributed by atoms with Crippen molar-refractivity contribution in [1.29, 1.82) is 0 Å². The fourth-order valence-electron chi connectivity index (χ4n) is 4.85. The Kier molecular flexibility index (Phi) is 9.50. The van der Waals surface area contributed by atoms with Crippen LogP contribution in [0.1, 0.15) is 69.3 Å². The van der Waals surface area contributed by atoms with Gasteiger partial charge in [0, 0.05) is 63.7 Å². The van der Waals surface area contributed by atoms with E-state index in [-0.39, 0.29) is 35.7 Å². The van der Waals surface area contributed by atoms with Gasteiger partial charge in [0.2, 0.25) is 17.7 Å². The van der Waals surface area contributed by atoms with E-state index in [0.717, 1.165) is 36.2 Å². The summed E-state index contributed by atoms with van der Waals surface area (Å²) >= 11 is 0. The van der Waals surface area contributed by atoms with Crippen LogP contribution in [0.2, 0.25) is 0 Å². The van der Waals surface area contributed by atoms with Crippen molar-refractivity contribution in [3.8, 4) is 0 Å². The maximum Gasteiger partial charge on any atom is 0.237 e. The lowest BCUT2D eigenvalue weighted by Gasteiger charge is -2.31. The van der Waals surface area contributed by atoms with Gasteiger partial charge in [0.05, 0.1) is 11.7 Å². The van der Waals surface area contributed by atoms with Crippen LogP contribution in [-0.4, -0.2) is 82.5 Å². The number of aromatic nitrogens is 2. The number of hydrogen-bond donors (Lipinski definition) is 3. The molecule has 34 heavy (non-hydrogen) atoms. The average molecular weight is 475 g/mol. The molecular weight excluding hydrogens is 432 g/mol. The highest BCUT2D eigenvalue weighted by molar-refractivity contribution is 5.82. The summed E-state index contributed by atoms with van der Waals surface area (Å²) in [4.78, 5) is 42.6. The van der Waals surface area contributed by atoms with Gasteiger partial charge in [-0.25, -0.2) is 0 Å². The number of hydrogen-bond acceptors (Lipinski definition) is 5. The van der Waals surface area contributed by atoms with Crippen LogP contribution in [-0.2, 0) is 20.8 Å². The standard InChI is InChI=1S/C25H42N6O3/c1-17(2)14-24(33)31-13-7-12-30(23(32)9-8-21-18(3)19(4)28-29-21)11-6-5-10-26-25(34)22-15-20(31)16-27-22/h17,20,22,27H,5-16H2,1-4H3,(H,26,34)(H,28,29)/t20-,22-/m0/s1. The number of carbonyl (C=O) groups is 3. The quantitative estimate of drug-likeness (QED) is 0.602. The highest BCUT2D eigenvalue weighted by Crippen LogP contribution is 2.18. The summed E-state index contributed by atoms with van der Waals surface area (Å²) in [6.45, 7) is 11.3. The third kappa shape index (κ3) is 7.04. The van der Waals surface area contributed by atoms with E-state index in [0.29, 0.717) is 58.4 Å². The molecule has 2 fully saturated rings. The third-order valence-corrected chi connectivity index (χ3v) is 7.03. The Balaban J connectivity index is 1.66. The van der Waals surface area contributed by atoms with Crippen molar-refractivity contribution in [2.75, 3.05) is 32.7 Å². The summed E-state index contributed by atoms with van der Waals surface area (Å²) in [5.74, 6) is 0.547. The van der Waals surface area contributed by atoms with Crippen molar-refractivity contribution in [2.24, 2.45) is 5.92 Å². The molecule has 190 valence electrons. The van der Waals surface area contributed by atoms with Crippen molar-refractivity contribution in [1.82, 2.24) is 30.6 Å². The van der Waals surface area contributed by atoms with Crippen molar-refractivity contribution < 1.29 is 14.4 Å². The van der Waals surface area contributed by atoms with E-state index in [1.54, 1.807) is 0 Å². The Morgan fingerprint density at radius 1 is 1.09 bits per heavy atom. The van der Waals surface area contributed by atoms with Crippen LogP contribution >= 0.6 is 0 Å². The molecule has 0 saturated carbocycles. The third-order valence-electron chi connectivity index (χ3n) is 7.03. The van der Waals surface area contributed by atoms with Crippen LogP contribution in [0.5, 0.6) is 0 Å². The molecule has 9 nitrogen and oxygen atoms in total. The van der Waals surface area contributed by atoms with Gasteiger partial charge in [-0.2, -0.15) is 5.10 Å². The minimum absolute atomic E-state index is 0.00779. The number of rotatable bonds is 5. The van der Waals surface area contributed by atoms with E-state index in [9.17, 15) is 14.4 Å². The van der Waals surface area contributed by atoms with Crippen molar-refractivity contribution in [3.05, 3.63) is 17.0 Å². The van der Waals surface area contributed by atoms with Gasteiger partial charge in [0.1, 0.15) is 0 Å². The van der Waals surface area contributed by atoms with Crippen LogP contribution in [0.25, 0.3) is 0 Å². The van der Waals surface area contributed by atoms with Crippen molar-refractivity contribution in [2.45, 2.75) is 84.7 Å². The van der Waals surface area contributed by atoms with Gasteiger partial charge in [-0.3, -0.25) is 19.5 Å². The van der Waals surface area contributed by atoms with Crippen molar-refractivity contribution in [3.63, 3.8) is 0 Å². The number of aryl methyl sites for hydroxylation is 2. The lowest BCUT2D eigenvalue weighted by Crippen LogP contribution is -2.44. The molecular formula is C25H42N6O3. The predicted octanol–water partition coefficient (Wildman–Crippen LogP) is 1.69. The van der Waals surface area contributed by atoms with Gasteiger partial charge in [-0.05, 0) is 51.0 Å². The van der Waals surface area contributed by atoms with Crippen LogP contribution in [0.15, 0.2) is 0 Å². The first-order valence-electron chi connectivity index (χ1n) is 12.8. The van der Waals surface area contributed by atoms with Gasteiger partial charge in [0.25, 0.3) is 0 Å². The van der Waals surface area contributed by atoms with Crippen molar-refractivity contribution >= 4 is 17.7 Å². The fourth-order valence-corrected chi connectivity index (χ4v) is 4.85. The molecule has 2 atom stereocenters. The summed E-state index contributed by atoms with van der Waals surface area (Å²) in [5, 5.41) is 13.6. The normalized spacial score (nSPS) is 22.6. The summed E-state index contributed by atoms with van der Waals surface area (Å²) < 4.78 is 0. The van der Waals surface area contributed by atoms with E-state index < -0.39 is 0 Å². The van der Waals surface area contributed by atoms with E-state index in [1.165, 1.54) is 0 Å². The van der Waals surface area contributed by atoms with Crippen LogP contribution < -0.4 is 10.6 Å². The van der Waals surface area contributed by atoms with Gasteiger partial charge in [-0.15, -0.1) is 0 Å². The number of fused-ring (bicyclic) bond motifs is 2. The van der Waals surface area contributed by atoms with Gasteiger partial charge in [-0.1, -0.05) is 13.8 Å². The molecule has 0 aliphatic carbocycles. The zero-order valence-corrected chi connectivity index (χ0v) is 21.3. The Hall–Kier alpha value is -2.42. The molecule has 2 aliphatic rings. The second-order valence-electron chi connectivity index (χ2n) is 10.2. The Morgan fingerprint density at radius 3 is 2.56 bits per heavy atom. The van der Waals surface area contributed by atoms with Gasteiger partial charge in [0.15, 0.2) is 0 Å². The smallest absolute Gasteiger partial charge is 0.237 e. The zero-order chi connectivity index (χ0) is 24.7. The summed E-state index contributed by atoms with van der Waals surface area (Å²) in [6, 6.07) is -0.227. The number of carbonyl (C=O) groups excluding carboxylic acids is 3. The zero-order valence-electron chi connectivity index (χ0n) is 21.3. The number of amides is 3. The first-order valence-corrected chi connectivity index (χ1v) is 12.8. The van der Waals surface area contributed by atoms with E-state index in [1.807, 2.05) is 37.5 Å². The first-order chi connectivity index (χ1) is 16.3. The van der Waals surface area contributed by atoms with E-state index in [2.05, 4.69) is 20.8 Å². The summed E-state index contributed by atoms with van der Waals surface area (Å²) in [5.41, 5.74) is 3.11. The largest absolute Gasteiger partial charge is 0.355 e. The molecule has 0 aromatic carbocycles. The molecule has 0 spiro atoms.